The molecule has 118 valence electrons. The quantitative estimate of drug-likeness (QED) is 0.673. The van der Waals surface area contributed by atoms with Gasteiger partial charge in [-0.05, 0) is 23.6 Å². The molecule has 0 heterocycles. The second kappa shape index (κ2) is 8.36. The fraction of sp³-hybridized carbons (Fsp3) is 0.533. The van der Waals surface area contributed by atoms with Crippen molar-refractivity contribution >= 4 is 5.91 Å². The van der Waals surface area contributed by atoms with Gasteiger partial charge in [0.05, 0.1) is 20.8 Å². The van der Waals surface area contributed by atoms with E-state index in [0.29, 0.717) is 30.5 Å². The number of carbonyl (C=O) groups is 1. The molecule has 6 nitrogen and oxygen atoms in total. The van der Waals surface area contributed by atoms with Gasteiger partial charge in [0, 0.05) is 13.1 Å². The van der Waals surface area contributed by atoms with Gasteiger partial charge < -0.3 is 25.2 Å². The molecule has 1 rings (SSSR count). The Morgan fingerprint density at radius 1 is 1.24 bits per heavy atom. The van der Waals surface area contributed by atoms with Gasteiger partial charge in [-0.15, -0.1) is 0 Å². The van der Waals surface area contributed by atoms with Crippen molar-refractivity contribution in [3.8, 4) is 17.2 Å². The minimum Gasteiger partial charge on any atom is -0.502 e. The predicted octanol–water partition coefficient (Wildman–Crippen LogP) is 1.27. The van der Waals surface area contributed by atoms with Gasteiger partial charge in [-0.2, -0.15) is 0 Å². The van der Waals surface area contributed by atoms with E-state index in [1.54, 1.807) is 12.1 Å². The molecule has 0 aliphatic rings. The second-order valence-corrected chi connectivity index (χ2v) is 5.15. The molecule has 3 N–H and O–H groups in total. The Morgan fingerprint density at radius 3 is 2.29 bits per heavy atom. The van der Waals surface area contributed by atoms with Gasteiger partial charge in [-0.25, -0.2) is 0 Å². The van der Waals surface area contributed by atoms with Crippen LogP contribution in [0.3, 0.4) is 0 Å². The number of phenols is 1. The lowest BCUT2D eigenvalue weighted by Gasteiger charge is -2.12. The summed E-state index contributed by atoms with van der Waals surface area (Å²) < 4.78 is 10.2. The second-order valence-electron chi connectivity index (χ2n) is 5.15. The summed E-state index contributed by atoms with van der Waals surface area (Å²) in [5.74, 6) is 1.05. The summed E-state index contributed by atoms with van der Waals surface area (Å²) in [5, 5.41) is 15.7. The van der Waals surface area contributed by atoms with Gasteiger partial charge in [0.2, 0.25) is 11.7 Å². The largest absolute Gasteiger partial charge is 0.502 e. The average Bonchev–Trinajstić information content (AvgIpc) is 2.46. The normalized spacial score (nSPS) is 10.5. The van der Waals surface area contributed by atoms with Crippen LogP contribution in [0.5, 0.6) is 17.2 Å². The van der Waals surface area contributed by atoms with Gasteiger partial charge in [-0.1, -0.05) is 13.8 Å². The molecular weight excluding hydrogens is 272 g/mol. The van der Waals surface area contributed by atoms with Crippen molar-refractivity contribution in [1.29, 1.82) is 0 Å². The lowest BCUT2D eigenvalue weighted by atomic mass is 10.2. The van der Waals surface area contributed by atoms with Gasteiger partial charge >= 0.3 is 0 Å². The Hall–Kier alpha value is -1.95. The third-order valence-corrected chi connectivity index (χ3v) is 2.86. The molecule has 1 amide bonds. The topological polar surface area (TPSA) is 79.8 Å². The number of amides is 1. The maximum absolute atomic E-state index is 11.6. The predicted molar refractivity (Wildman–Crippen MR) is 80.8 cm³/mol. The Kier molecular flexibility index (Phi) is 6.81. The maximum atomic E-state index is 11.6. The molecule has 21 heavy (non-hydrogen) atoms. The first-order chi connectivity index (χ1) is 9.97. The molecule has 0 saturated heterocycles. The van der Waals surface area contributed by atoms with Gasteiger partial charge in [0.25, 0.3) is 0 Å². The fourth-order valence-electron chi connectivity index (χ4n) is 1.75. The molecule has 1 aromatic rings. The fourth-order valence-corrected chi connectivity index (χ4v) is 1.75. The molecule has 0 bridgehead atoms. The summed E-state index contributed by atoms with van der Waals surface area (Å²) in [5.41, 5.74) is 0.859. The highest BCUT2D eigenvalue weighted by molar-refractivity contribution is 5.77. The number of nitrogens with one attached hydrogen (secondary N) is 2. The molecule has 1 aromatic carbocycles. The van der Waals surface area contributed by atoms with Gasteiger partial charge in [-0.3, -0.25) is 4.79 Å². The Labute approximate surface area is 125 Å². The molecule has 0 aliphatic carbocycles. The van der Waals surface area contributed by atoms with Crippen LogP contribution in [0.1, 0.15) is 19.4 Å². The van der Waals surface area contributed by atoms with E-state index in [0.717, 1.165) is 5.56 Å². The molecule has 0 aromatic heterocycles. The molecular formula is C15H24N2O4. The van der Waals surface area contributed by atoms with E-state index in [1.165, 1.54) is 14.2 Å². The number of hydrogen-bond donors (Lipinski definition) is 3. The van der Waals surface area contributed by atoms with Crippen LogP contribution in [0.15, 0.2) is 12.1 Å². The van der Waals surface area contributed by atoms with Crippen molar-refractivity contribution in [2.75, 3.05) is 27.3 Å². The smallest absolute Gasteiger partial charge is 0.233 e. The van der Waals surface area contributed by atoms with E-state index < -0.39 is 0 Å². The summed E-state index contributed by atoms with van der Waals surface area (Å²) >= 11 is 0. The van der Waals surface area contributed by atoms with E-state index in [2.05, 4.69) is 10.6 Å². The van der Waals surface area contributed by atoms with Crippen LogP contribution in [0, 0.1) is 5.92 Å². The van der Waals surface area contributed by atoms with Crippen LogP contribution < -0.4 is 20.1 Å². The summed E-state index contributed by atoms with van der Waals surface area (Å²) in [6.45, 7) is 5.47. The van der Waals surface area contributed by atoms with Crippen molar-refractivity contribution in [1.82, 2.24) is 10.6 Å². The summed E-state index contributed by atoms with van der Waals surface area (Å²) in [6.07, 6.45) is 0. The highest BCUT2D eigenvalue weighted by Crippen LogP contribution is 2.36. The van der Waals surface area contributed by atoms with E-state index in [4.69, 9.17) is 9.47 Å². The van der Waals surface area contributed by atoms with E-state index in [1.807, 2.05) is 13.8 Å². The first-order valence-electron chi connectivity index (χ1n) is 6.89. The van der Waals surface area contributed by atoms with E-state index >= 15 is 0 Å². The first-order valence-corrected chi connectivity index (χ1v) is 6.89. The van der Waals surface area contributed by atoms with Crippen molar-refractivity contribution in [3.05, 3.63) is 17.7 Å². The number of hydrogen-bond acceptors (Lipinski definition) is 5. The van der Waals surface area contributed by atoms with Crippen molar-refractivity contribution in [2.24, 2.45) is 5.92 Å². The van der Waals surface area contributed by atoms with Crippen molar-refractivity contribution in [3.63, 3.8) is 0 Å². The zero-order valence-electron chi connectivity index (χ0n) is 13.0. The zero-order chi connectivity index (χ0) is 15.8. The molecule has 0 radical (unpaired) electrons. The Balaban J connectivity index is 2.54. The number of methoxy groups -OCH3 is 2. The Bertz CT molecular complexity index is 450. The molecule has 0 spiro atoms. The lowest BCUT2D eigenvalue weighted by molar-refractivity contribution is -0.120. The van der Waals surface area contributed by atoms with Crippen LogP contribution in [0.4, 0.5) is 0 Å². The molecule has 0 aliphatic heterocycles. The van der Waals surface area contributed by atoms with Crippen LogP contribution in [-0.4, -0.2) is 38.3 Å². The average molecular weight is 296 g/mol. The Morgan fingerprint density at radius 2 is 1.81 bits per heavy atom. The van der Waals surface area contributed by atoms with Crippen LogP contribution in [-0.2, 0) is 11.3 Å². The summed E-state index contributed by atoms with van der Waals surface area (Å²) in [6, 6.07) is 3.41. The number of aromatic hydroxyl groups is 1. The monoisotopic (exact) mass is 296 g/mol. The zero-order valence-corrected chi connectivity index (χ0v) is 13.0. The summed E-state index contributed by atoms with van der Waals surface area (Å²) in [4.78, 5) is 11.6. The molecule has 0 atom stereocenters. The summed E-state index contributed by atoms with van der Waals surface area (Å²) in [7, 11) is 2.95. The third kappa shape index (κ3) is 5.51. The number of rotatable bonds is 8. The lowest BCUT2D eigenvalue weighted by Crippen LogP contribution is -2.35. The molecule has 0 saturated carbocycles. The molecule has 0 unspecified atom stereocenters. The molecule has 0 fully saturated rings. The van der Waals surface area contributed by atoms with E-state index in [9.17, 15) is 9.90 Å². The van der Waals surface area contributed by atoms with Crippen LogP contribution in [0.25, 0.3) is 0 Å². The number of benzene rings is 1. The van der Waals surface area contributed by atoms with Gasteiger partial charge in [0.15, 0.2) is 11.5 Å². The highest BCUT2D eigenvalue weighted by Gasteiger charge is 2.11. The van der Waals surface area contributed by atoms with E-state index in [-0.39, 0.29) is 18.2 Å². The highest BCUT2D eigenvalue weighted by atomic mass is 16.5. The minimum absolute atomic E-state index is 0.0292. The minimum atomic E-state index is -0.0404. The number of carbonyl (C=O) groups excluding carboxylic acids is 1. The molecule has 6 heteroatoms. The van der Waals surface area contributed by atoms with Crippen LogP contribution in [0.2, 0.25) is 0 Å². The number of ether oxygens (including phenoxy) is 2. The maximum Gasteiger partial charge on any atom is 0.233 e. The third-order valence-electron chi connectivity index (χ3n) is 2.86. The van der Waals surface area contributed by atoms with Crippen molar-refractivity contribution in [2.45, 2.75) is 20.4 Å². The SMILES string of the molecule is COc1cc(CNCC(=O)NCC(C)C)cc(OC)c1O. The first kappa shape index (κ1) is 17.1. The van der Waals surface area contributed by atoms with Crippen molar-refractivity contribution < 1.29 is 19.4 Å². The van der Waals surface area contributed by atoms with Gasteiger partial charge in [0.1, 0.15) is 0 Å². The standard InChI is InChI=1S/C15H24N2O4/c1-10(2)7-17-14(18)9-16-8-11-5-12(20-3)15(19)13(6-11)21-4/h5-6,10,16,19H,7-9H2,1-4H3,(H,17,18). The van der Waals surface area contributed by atoms with Crippen LogP contribution >= 0.6 is 0 Å². The number of phenolic OH excluding ortho intramolecular Hbond substituents is 1.